The first-order valence-corrected chi connectivity index (χ1v) is 9.17. The molecule has 5 heteroatoms. The van der Waals surface area contributed by atoms with Crippen LogP contribution in [-0.4, -0.2) is 17.8 Å². The summed E-state index contributed by atoms with van der Waals surface area (Å²) in [6.45, 7) is 5.94. The van der Waals surface area contributed by atoms with Crippen LogP contribution in [0.5, 0.6) is 5.75 Å². The zero-order valence-corrected chi connectivity index (χ0v) is 15.8. The van der Waals surface area contributed by atoms with E-state index in [1.807, 2.05) is 63.2 Å². The Bertz CT molecular complexity index is 671. The lowest BCUT2D eigenvalue weighted by Gasteiger charge is -2.13. The number of nitrogens with one attached hydrogen (secondary N) is 1. The fraction of sp³-hybridized carbons (Fsp3) is 0.278. The van der Waals surface area contributed by atoms with Gasteiger partial charge in [-0.25, -0.2) is 0 Å². The predicted molar refractivity (Wildman–Crippen MR) is 100 cm³/mol. The predicted octanol–water partition coefficient (Wildman–Crippen LogP) is 5.28. The molecule has 0 aromatic heterocycles. The third-order valence-electron chi connectivity index (χ3n) is 3.03. The molecule has 0 atom stereocenters. The summed E-state index contributed by atoms with van der Waals surface area (Å²) in [7, 11) is 0. The summed E-state index contributed by atoms with van der Waals surface area (Å²) in [6, 6.07) is 13.6. The molecular formula is C18H20BrNO2S. The highest BCUT2D eigenvalue weighted by Gasteiger charge is 2.07. The Morgan fingerprint density at radius 1 is 1.22 bits per heavy atom. The lowest BCUT2D eigenvalue weighted by molar-refractivity contribution is -0.113. The second-order valence-corrected chi connectivity index (χ2v) is 7.40. The number of halogens is 1. The molecule has 0 spiro atoms. The number of carbonyl (C=O) groups is 1. The van der Waals surface area contributed by atoms with Crippen molar-refractivity contribution in [3.8, 4) is 5.75 Å². The van der Waals surface area contributed by atoms with Gasteiger partial charge in [-0.05, 0) is 68.8 Å². The molecule has 0 radical (unpaired) electrons. The molecule has 0 bridgehead atoms. The molecule has 0 aliphatic carbocycles. The van der Waals surface area contributed by atoms with E-state index < -0.39 is 0 Å². The minimum Gasteiger partial charge on any atom is -0.491 e. The second kappa shape index (κ2) is 8.41. The number of hydrogen-bond donors (Lipinski definition) is 1. The summed E-state index contributed by atoms with van der Waals surface area (Å²) in [4.78, 5) is 13.2. The van der Waals surface area contributed by atoms with Gasteiger partial charge in [0.05, 0.1) is 11.9 Å². The summed E-state index contributed by atoms with van der Waals surface area (Å²) in [5.41, 5.74) is 1.81. The van der Waals surface area contributed by atoms with Crippen LogP contribution in [0.3, 0.4) is 0 Å². The summed E-state index contributed by atoms with van der Waals surface area (Å²) in [6.07, 6.45) is 0.136. The summed E-state index contributed by atoms with van der Waals surface area (Å²) >= 11 is 4.92. The number of carbonyl (C=O) groups excluding carboxylic acids is 1. The molecule has 23 heavy (non-hydrogen) atoms. The molecule has 1 N–H and O–H groups in total. The number of thioether (sulfide) groups is 1. The molecule has 2 rings (SSSR count). The summed E-state index contributed by atoms with van der Waals surface area (Å²) in [5.74, 6) is 1.18. The summed E-state index contributed by atoms with van der Waals surface area (Å²) in [5, 5.41) is 2.95. The van der Waals surface area contributed by atoms with Crippen molar-refractivity contribution in [3.05, 3.63) is 52.5 Å². The van der Waals surface area contributed by atoms with Crippen LogP contribution in [0.2, 0.25) is 0 Å². The quantitative estimate of drug-likeness (QED) is 0.678. The smallest absolute Gasteiger partial charge is 0.234 e. The number of rotatable bonds is 6. The zero-order valence-electron chi connectivity index (χ0n) is 13.4. The Morgan fingerprint density at radius 2 is 1.91 bits per heavy atom. The Labute approximate surface area is 149 Å². The molecule has 0 unspecified atom stereocenters. The van der Waals surface area contributed by atoms with E-state index in [4.69, 9.17) is 4.74 Å². The molecule has 0 aliphatic heterocycles. The highest BCUT2D eigenvalue weighted by Crippen LogP contribution is 2.24. The van der Waals surface area contributed by atoms with Crippen LogP contribution in [0.1, 0.15) is 19.4 Å². The van der Waals surface area contributed by atoms with Gasteiger partial charge in [0.15, 0.2) is 0 Å². The average molecular weight is 394 g/mol. The van der Waals surface area contributed by atoms with Crippen LogP contribution in [0.25, 0.3) is 0 Å². The van der Waals surface area contributed by atoms with E-state index in [-0.39, 0.29) is 12.0 Å². The third-order valence-corrected chi connectivity index (χ3v) is 4.57. The second-order valence-electron chi connectivity index (χ2n) is 5.43. The van der Waals surface area contributed by atoms with Crippen LogP contribution < -0.4 is 10.1 Å². The first-order valence-electron chi connectivity index (χ1n) is 7.39. The molecule has 0 fully saturated rings. The number of benzene rings is 2. The van der Waals surface area contributed by atoms with Crippen molar-refractivity contribution in [2.24, 2.45) is 0 Å². The van der Waals surface area contributed by atoms with Gasteiger partial charge in [-0.15, -0.1) is 11.8 Å². The number of hydrogen-bond acceptors (Lipinski definition) is 3. The van der Waals surface area contributed by atoms with Crippen molar-refractivity contribution < 1.29 is 9.53 Å². The first-order chi connectivity index (χ1) is 10.9. The monoisotopic (exact) mass is 393 g/mol. The van der Waals surface area contributed by atoms with E-state index in [1.165, 1.54) is 11.8 Å². The van der Waals surface area contributed by atoms with Crippen LogP contribution in [0.15, 0.2) is 51.8 Å². The van der Waals surface area contributed by atoms with Crippen molar-refractivity contribution >= 4 is 39.3 Å². The van der Waals surface area contributed by atoms with Crippen molar-refractivity contribution in [1.29, 1.82) is 0 Å². The van der Waals surface area contributed by atoms with Gasteiger partial charge < -0.3 is 10.1 Å². The lowest BCUT2D eigenvalue weighted by Crippen LogP contribution is -2.15. The standard InChI is InChI=1S/C18H20BrNO2S/c1-12(2)22-15-6-9-17(13(3)10-15)20-18(21)11-23-16-7-4-14(19)5-8-16/h4-10,12H,11H2,1-3H3,(H,20,21). The number of aryl methyl sites for hydroxylation is 1. The molecule has 1 amide bonds. The van der Waals surface area contributed by atoms with Gasteiger partial charge >= 0.3 is 0 Å². The lowest BCUT2D eigenvalue weighted by atomic mass is 10.2. The maximum atomic E-state index is 12.1. The normalized spacial score (nSPS) is 10.7. The molecule has 2 aromatic rings. The largest absolute Gasteiger partial charge is 0.491 e. The van der Waals surface area contributed by atoms with Gasteiger partial charge in [-0.2, -0.15) is 0 Å². The fourth-order valence-electron chi connectivity index (χ4n) is 1.99. The van der Waals surface area contributed by atoms with Gasteiger partial charge in [0.25, 0.3) is 0 Å². The van der Waals surface area contributed by atoms with Crippen LogP contribution in [0.4, 0.5) is 5.69 Å². The zero-order chi connectivity index (χ0) is 16.8. The van der Waals surface area contributed by atoms with E-state index in [0.717, 1.165) is 26.4 Å². The Kier molecular flexibility index (Phi) is 6.54. The molecule has 2 aromatic carbocycles. The summed E-state index contributed by atoms with van der Waals surface area (Å²) < 4.78 is 6.68. The first kappa shape index (κ1) is 17.9. The number of ether oxygens (including phenoxy) is 1. The third kappa shape index (κ3) is 5.92. The van der Waals surface area contributed by atoms with E-state index in [9.17, 15) is 4.79 Å². The molecule has 0 aliphatic rings. The maximum absolute atomic E-state index is 12.1. The van der Waals surface area contributed by atoms with Crippen LogP contribution >= 0.6 is 27.7 Å². The van der Waals surface area contributed by atoms with Gasteiger partial charge in [-0.3, -0.25) is 4.79 Å². The molecule has 122 valence electrons. The molecule has 0 saturated heterocycles. The van der Waals surface area contributed by atoms with Gasteiger partial charge in [-0.1, -0.05) is 15.9 Å². The maximum Gasteiger partial charge on any atom is 0.234 e. The van der Waals surface area contributed by atoms with Gasteiger partial charge in [0.2, 0.25) is 5.91 Å². The Morgan fingerprint density at radius 3 is 2.52 bits per heavy atom. The van der Waals surface area contributed by atoms with Gasteiger partial charge in [0, 0.05) is 15.1 Å². The average Bonchev–Trinajstić information content (AvgIpc) is 2.49. The molecular weight excluding hydrogens is 374 g/mol. The number of amides is 1. The molecule has 3 nitrogen and oxygen atoms in total. The van der Waals surface area contributed by atoms with Crippen LogP contribution in [0, 0.1) is 6.92 Å². The van der Waals surface area contributed by atoms with E-state index >= 15 is 0 Å². The highest BCUT2D eigenvalue weighted by atomic mass is 79.9. The van der Waals surface area contributed by atoms with Crippen molar-refractivity contribution in [2.45, 2.75) is 31.8 Å². The molecule has 0 saturated carbocycles. The van der Waals surface area contributed by atoms with Crippen molar-refractivity contribution in [3.63, 3.8) is 0 Å². The number of anilines is 1. The Hall–Kier alpha value is -1.46. The Balaban J connectivity index is 1.90. The van der Waals surface area contributed by atoms with Crippen molar-refractivity contribution in [1.82, 2.24) is 0 Å². The topological polar surface area (TPSA) is 38.3 Å². The fourth-order valence-corrected chi connectivity index (χ4v) is 2.95. The van der Waals surface area contributed by atoms with Gasteiger partial charge in [0.1, 0.15) is 5.75 Å². The van der Waals surface area contributed by atoms with Crippen molar-refractivity contribution in [2.75, 3.05) is 11.1 Å². The van der Waals surface area contributed by atoms with E-state index in [2.05, 4.69) is 21.2 Å². The SMILES string of the molecule is Cc1cc(OC(C)C)ccc1NC(=O)CSc1ccc(Br)cc1. The highest BCUT2D eigenvalue weighted by molar-refractivity contribution is 9.10. The van der Waals surface area contributed by atoms with E-state index in [0.29, 0.717) is 5.75 Å². The van der Waals surface area contributed by atoms with Crippen LogP contribution in [-0.2, 0) is 4.79 Å². The minimum atomic E-state index is -0.0152. The minimum absolute atomic E-state index is 0.0152. The molecule has 0 heterocycles. The van der Waals surface area contributed by atoms with E-state index in [1.54, 1.807) is 0 Å².